The smallest absolute Gasteiger partial charge is 0.265 e. The summed E-state index contributed by atoms with van der Waals surface area (Å²) in [6, 6.07) is 0. The molecule has 1 aliphatic carbocycles. The molecule has 0 aromatic carbocycles. The van der Waals surface area contributed by atoms with E-state index in [4.69, 9.17) is 0 Å². The summed E-state index contributed by atoms with van der Waals surface area (Å²) in [7, 11) is 0. The van der Waals surface area contributed by atoms with Crippen molar-refractivity contribution in [3.8, 4) is 0 Å². The molecule has 0 aromatic rings. The predicted octanol–water partition coefficient (Wildman–Crippen LogP) is -0.828. The van der Waals surface area contributed by atoms with Crippen LogP contribution in [0.5, 0.6) is 0 Å². The first kappa shape index (κ1) is 13.7. The highest BCUT2D eigenvalue weighted by Gasteiger charge is 2.53. The second-order valence-corrected chi connectivity index (χ2v) is 6.32. The molecule has 3 N–H and O–H groups in total. The van der Waals surface area contributed by atoms with Gasteiger partial charge in [-0.1, -0.05) is 12.8 Å². The molecule has 0 radical (unpaired) electrons. The van der Waals surface area contributed by atoms with E-state index in [0.717, 1.165) is 31.4 Å². The highest BCUT2D eigenvalue weighted by atomic mass is 16.2. The number of rotatable bonds is 1. The molecule has 3 aliphatic heterocycles. The fourth-order valence-electron chi connectivity index (χ4n) is 3.85. The third-order valence-electron chi connectivity index (χ3n) is 4.91. The fourth-order valence-corrected chi connectivity index (χ4v) is 3.85. The molecule has 3 fully saturated rings. The van der Waals surface area contributed by atoms with Gasteiger partial charge in [0.15, 0.2) is 12.6 Å². The van der Waals surface area contributed by atoms with Crippen LogP contribution in [-0.4, -0.2) is 40.2 Å². The molecule has 3 amide bonds. The lowest BCUT2D eigenvalue weighted by Gasteiger charge is -2.27. The quantitative estimate of drug-likeness (QED) is 0.548. The van der Waals surface area contributed by atoms with Crippen molar-refractivity contribution >= 4 is 17.7 Å². The maximum absolute atomic E-state index is 12.6. The molecule has 118 valence electrons. The summed E-state index contributed by atoms with van der Waals surface area (Å²) in [4.78, 5) is 38.4. The van der Waals surface area contributed by atoms with Gasteiger partial charge in [0.1, 0.15) is 0 Å². The van der Waals surface area contributed by atoms with E-state index in [1.807, 2.05) is 0 Å². The predicted molar refractivity (Wildman–Crippen MR) is 74.9 cm³/mol. The fraction of sp³-hybridized carbons (Fsp3) is 0.643. The van der Waals surface area contributed by atoms with Crippen LogP contribution in [0.3, 0.4) is 0 Å². The first-order valence-corrected chi connectivity index (χ1v) is 7.73. The number of amides is 3. The largest absolute Gasteiger partial charge is 0.355 e. The molecule has 3 heterocycles. The average molecular weight is 305 g/mol. The van der Waals surface area contributed by atoms with Crippen molar-refractivity contribution in [2.75, 3.05) is 0 Å². The summed E-state index contributed by atoms with van der Waals surface area (Å²) in [5.74, 6) is -0.835. The van der Waals surface area contributed by atoms with Crippen molar-refractivity contribution in [2.24, 2.45) is 11.8 Å². The molecule has 0 aromatic heterocycles. The van der Waals surface area contributed by atoms with E-state index in [-0.39, 0.29) is 29.6 Å². The van der Waals surface area contributed by atoms with E-state index in [1.165, 1.54) is 16.0 Å². The number of hydrazine groups is 1. The monoisotopic (exact) mass is 305 g/mol. The van der Waals surface area contributed by atoms with E-state index in [2.05, 4.69) is 16.1 Å². The lowest BCUT2D eigenvalue weighted by molar-refractivity contribution is -0.145. The minimum atomic E-state index is -0.675. The van der Waals surface area contributed by atoms with Gasteiger partial charge < -0.3 is 5.32 Å². The Labute approximate surface area is 127 Å². The van der Waals surface area contributed by atoms with Crippen molar-refractivity contribution in [3.05, 3.63) is 11.8 Å². The molecular weight excluding hydrogens is 286 g/mol. The van der Waals surface area contributed by atoms with Gasteiger partial charge in [-0.05, 0) is 19.8 Å². The molecule has 1 saturated carbocycles. The van der Waals surface area contributed by atoms with Crippen LogP contribution in [0.15, 0.2) is 11.8 Å². The van der Waals surface area contributed by atoms with Crippen LogP contribution in [0, 0.1) is 11.8 Å². The van der Waals surface area contributed by atoms with Gasteiger partial charge in [-0.25, -0.2) is 10.3 Å². The van der Waals surface area contributed by atoms with Gasteiger partial charge >= 0.3 is 0 Å². The molecule has 0 spiro atoms. The number of hydrogen-bond acceptors (Lipinski definition) is 6. The van der Waals surface area contributed by atoms with Gasteiger partial charge in [-0.3, -0.25) is 19.3 Å². The number of nitrogens with zero attached hydrogens (tertiary/aromatic N) is 2. The molecular formula is C14H19N5O3. The van der Waals surface area contributed by atoms with E-state index >= 15 is 0 Å². The average Bonchev–Trinajstić information content (AvgIpc) is 3.00. The Kier molecular flexibility index (Phi) is 2.98. The van der Waals surface area contributed by atoms with Gasteiger partial charge in [0.2, 0.25) is 11.8 Å². The standard InChI is InChI=1S/C14H19N5O3/c1-7-6-10(20)19-13(15-7)16-14(17-19)18-11(21)8-4-2-3-5-9(8)12(18)22/h6,8-9,13-17H,2-5H2,1H3/t8-,9+,13?,14?. The van der Waals surface area contributed by atoms with Crippen LogP contribution in [0.1, 0.15) is 32.6 Å². The van der Waals surface area contributed by atoms with Crippen molar-refractivity contribution in [1.29, 1.82) is 0 Å². The lowest BCUT2D eigenvalue weighted by atomic mass is 9.81. The molecule has 8 nitrogen and oxygen atoms in total. The van der Waals surface area contributed by atoms with Crippen LogP contribution in [0.2, 0.25) is 0 Å². The Bertz CT molecular complexity index is 565. The van der Waals surface area contributed by atoms with E-state index in [1.54, 1.807) is 6.92 Å². The number of hydrogen-bond donors (Lipinski definition) is 3. The number of fused-ring (bicyclic) bond motifs is 2. The van der Waals surface area contributed by atoms with Crippen molar-refractivity contribution in [2.45, 2.75) is 45.2 Å². The molecule has 2 unspecified atom stereocenters. The highest BCUT2D eigenvalue weighted by molar-refractivity contribution is 6.05. The Hall–Kier alpha value is -1.93. The number of imide groups is 1. The second-order valence-electron chi connectivity index (χ2n) is 6.32. The Balaban J connectivity index is 1.55. The second kappa shape index (κ2) is 4.79. The van der Waals surface area contributed by atoms with E-state index in [9.17, 15) is 14.4 Å². The summed E-state index contributed by atoms with van der Waals surface area (Å²) in [6.07, 6.45) is 3.90. The minimum absolute atomic E-state index is 0.128. The summed E-state index contributed by atoms with van der Waals surface area (Å²) >= 11 is 0. The third kappa shape index (κ3) is 1.87. The topological polar surface area (TPSA) is 93.8 Å². The van der Waals surface area contributed by atoms with Gasteiger partial charge in [0.25, 0.3) is 5.91 Å². The minimum Gasteiger partial charge on any atom is -0.355 e. The zero-order valence-electron chi connectivity index (χ0n) is 12.3. The van der Waals surface area contributed by atoms with E-state index in [0.29, 0.717) is 0 Å². The molecule has 4 rings (SSSR count). The van der Waals surface area contributed by atoms with Crippen LogP contribution in [-0.2, 0) is 14.4 Å². The van der Waals surface area contributed by atoms with Crippen LogP contribution in [0.25, 0.3) is 0 Å². The van der Waals surface area contributed by atoms with E-state index < -0.39 is 12.6 Å². The highest BCUT2D eigenvalue weighted by Crippen LogP contribution is 2.38. The van der Waals surface area contributed by atoms with Crippen LogP contribution < -0.4 is 16.1 Å². The number of allylic oxidation sites excluding steroid dienone is 1. The van der Waals surface area contributed by atoms with Crippen LogP contribution >= 0.6 is 0 Å². The molecule has 4 aliphatic rings. The zero-order valence-corrected chi connectivity index (χ0v) is 12.3. The number of carbonyl (C=O) groups excluding carboxylic acids is 3. The zero-order chi connectivity index (χ0) is 15.4. The van der Waals surface area contributed by atoms with Crippen LogP contribution in [0.4, 0.5) is 0 Å². The number of nitrogens with one attached hydrogen (secondary N) is 3. The summed E-state index contributed by atoms with van der Waals surface area (Å²) in [5.41, 5.74) is 3.67. The molecule has 2 saturated heterocycles. The number of carbonyl (C=O) groups is 3. The SMILES string of the molecule is CC1=CC(=O)N2NC(N3C(=O)[C@H]4CCCC[C@H]4C3=O)NC2N1. The first-order valence-electron chi connectivity index (χ1n) is 7.73. The summed E-state index contributed by atoms with van der Waals surface area (Å²) in [6.45, 7) is 1.80. The Morgan fingerprint density at radius 3 is 2.32 bits per heavy atom. The molecule has 22 heavy (non-hydrogen) atoms. The normalized spacial score (nSPS) is 37.9. The Morgan fingerprint density at radius 2 is 1.68 bits per heavy atom. The van der Waals surface area contributed by atoms with Gasteiger partial charge in [-0.15, -0.1) is 0 Å². The number of likely N-dealkylation sites (tertiary alicyclic amines) is 1. The first-order chi connectivity index (χ1) is 10.6. The van der Waals surface area contributed by atoms with Crippen molar-refractivity contribution < 1.29 is 14.4 Å². The molecule has 8 heteroatoms. The van der Waals surface area contributed by atoms with Crippen molar-refractivity contribution in [1.82, 2.24) is 26.0 Å². The maximum Gasteiger partial charge on any atom is 0.265 e. The van der Waals surface area contributed by atoms with Gasteiger partial charge in [-0.2, -0.15) is 5.43 Å². The molecule has 0 bridgehead atoms. The lowest BCUT2D eigenvalue weighted by Crippen LogP contribution is -2.54. The summed E-state index contributed by atoms with van der Waals surface area (Å²) < 4.78 is 0. The van der Waals surface area contributed by atoms with Gasteiger partial charge in [0.05, 0.1) is 11.8 Å². The third-order valence-corrected chi connectivity index (χ3v) is 4.91. The summed E-state index contributed by atoms with van der Waals surface area (Å²) in [5, 5.41) is 7.57. The Morgan fingerprint density at radius 1 is 1.05 bits per heavy atom. The van der Waals surface area contributed by atoms with Crippen molar-refractivity contribution in [3.63, 3.8) is 0 Å². The van der Waals surface area contributed by atoms with Gasteiger partial charge in [0, 0.05) is 11.8 Å². The maximum atomic E-state index is 12.6. The molecule has 4 atom stereocenters.